The monoisotopic (exact) mass is 609 g/mol. The lowest BCUT2D eigenvalue weighted by Gasteiger charge is -2.49. The van der Waals surface area contributed by atoms with Gasteiger partial charge in [-0.05, 0) is 17.5 Å². The summed E-state index contributed by atoms with van der Waals surface area (Å²) in [4.78, 5) is 12.4. The Labute approximate surface area is 263 Å². The molecule has 8 atom stereocenters. The summed E-state index contributed by atoms with van der Waals surface area (Å²) in [6, 6.07) is 19.6. The number of epoxide rings is 1. The number of carbonyl (C=O) groups is 1. The maximum Gasteiger partial charge on any atom is 0.217 e. The van der Waals surface area contributed by atoms with Crippen molar-refractivity contribution in [1.82, 2.24) is 5.32 Å². The van der Waals surface area contributed by atoms with E-state index in [9.17, 15) is 4.79 Å². The van der Waals surface area contributed by atoms with E-state index in [0.717, 1.165) is 24.0 Å². The number of hydrogen-bond acceptors (Lipinski definition) is 7. The minimum absolute atomic E-state index is 0.0748. The quantitative estimate of drug-likeness (QED) is 0.150. The second-order valence-corrected chi connectivity index (χ2v) is 12.3. The lowest BCUT2D eigenvalue weighted by Crippen LogP contribution is -2.68. The highest BCUT2D eigenvalue weighted by Crippen LogP contribution is 2.44. The van der Waals surface area contributed by atoms with Crippen molar-refractivity contribution >= 4 is 5.91 Å². The number of carbonyl (C=O) groups excluding carboxylic acids is 1. The van der Waals surface area contributed by atoms with Gasteiger partial charge in [0.1, 0.15) is 36.6 Å². The molecule has 8 nitrogen and oxygen atoms in total. The van der Waals surface area contributed by atoms with E-state index in [0.29, 0.717) is 19.8 Å². The number of benzene rings is 2. The summed E-state index contributed by atoms with van der Waals surface area (Å²) in [5.74, 6) is -0.170. The van der Waals surface area contributed by atoms with Gasteiger partial charge in [-0.25, -0.2) is 0 Å². The van der Waals surface area contributed by atoms with Gasteiger partial charge in [0, 0.05) is 13.5 Å². The first kappa shape index (κ1) is 33.0. The SMILES string of the molecule is CCCCCCCCCCCCO[C@@H]1O[C@@H]2CO[C@@H]([C@@H]3O[C@H]3c3ccccc3)O[C@H]2[C@@H](OCc2ccccc2)[C@H]1NC(C)=O. The predicted molar refractivity (Wildman–Crippen MR) is 168 cm³/mol. The van der Waals surface area contributed by atoms with Gasteiger partial charge in [-0.15, -0.1) is 0 Å². The summed E-state index contributed by atoms with van der Waals surface area (Å²) in [6.45, 7) is 5.02. The zero-order chi connectivity index (χ0) is 30.6. The van der Waals surface area contributed by atoms with Crippen LogP contribution in [0.3, 0.4) is 0 Å². The number of hydrogen-bond donors (Lipinski definition) is 1. The third-order valence-corrected chi connectivity index (χ3v) is 8.72. The minimum Gasteiger partial charge on any atom is -0.368 e. The normalized spacial score (nSPS) is 29.6. The molecule has 242 valence electrons. The highest BCUT2D eigenvalue weighted by atomic mass is 16.8. The lowest BCUT2D eigenvalue weighted by atomic mass is 9.95. The van der Waals surface area contributed by atoms with Gasteiger partial charge in [0.05, 0.1) is 13.2 Å². The maximum atomic E-state index is 12.4. The largest absolute Gasteiger partial charge is 0.368 e. The van der Waals surface area contributed by atoms with Crippen molar-refractivity contribution < 1.29 is 33.2 Å². The molecule has 0 aromatic heterocycles. The first-order valence-electron chi connectivity index (χ1n) is 16.8. The fourth-order valence-corrected chi connectivity index (χ4v) is 6.28. The summed E-state index contributed by atoms with van der Waals surface area (Å²) in [5, 5.41) is 3.07. The molecule has 5 rings (SSSR count). The van der Waals surface area contributed by atoms with Crippen molar-refractivity contribution in [2.45, 2.75) is 134 Å². The summed E-state index contributed by atoms with van der Waals surface area (Å²) in [7, 11) is 0. The Morgan fingerprint density at radius 2 is 1.45 bits per heavy atom. The molecular formula is C36H51NO7. The Balaban J connectivity index is 1.18. The number of rotatable bonds is 18. The van der Waals surface area contributed by atoms with Crippen LogP contribution >= 0.6 is 0 Å². The minimum atomic E-state index is -0.669. The van der Waals surface area contributed by atoms with E-state index in [1.54, 1.807) is 0 Å². The topological polar surface area (TPSA) is 87.8 Å². The Hall–Kier alpha value is -2.33. The third-order valence-electron chi connectivity index (χ3n) is 8.72. The van der Waals surface area contributed by atoms with Gasteiger partial charge in [0.25, 0.3) is 0 Å². The fraction of sp³-hybridized carbons (Fsp3) is 0.639. The molecule has 3 aliphatic rings. The van der Waals surface area contributed by atoms with Crippen LogP contribution in [0.2, 0.25) is 0 Å². The Morgan fingerprint density at radius 1 is 0.795 bits per heavy atom. The summed E-state index contributed by atoms with van der Waals surface area (Å²) >= 11 is 0. The number of amides is 1. The second-order valence-electron chi connectivity index (χ2n) is 12.3. The molecule has 0 unspecified atom stereocenters. The second kappa shape index (κ2) is 17.4. The van der Waals surface area contributed by atoms with Crippen LogP contribution in [0.15, 0.2) is 60.7 Å². The Bertz CT molecular complexity index is 1100. The van der Waals surface area contributed by atoms with E-state index < -0.39 is 36.9 Å². The molecule has 0 spiro atoms. The molecule has 44 heavy (non-hydrogen) atoms. The molecule has 2 aromatic rings. The van der Waals surface area contributed by atoms with Gasteiger partial charge in [0.15, 0.2) is 12.6 Å². The Kier molecular flexibility index (Phi) is 13.1. The molecule has 1 amide bonds. The molecule has 2 aromatic carbocycles. The van der Waals surface area contributed by atoms with Crippen LogP contribution in [0.5, 0.6) is 0 Å². The average Bonchev–Trinajstić information content (AvgIpc) is 3.85. The average molecular weight is 610 g/mol. The van der Waals surface area contributed by atoms with Crippen LogP contribution in [0.25, 0.3) is 0 Å². The molecule has 3 heterocycles. The van der Waals surface area contributed by atoms with Crippen LogP contribution < -0.4 is 5.32 Å². The molecule has 0 radical (unpaired) electrons. The van der Waals surface area contributed by atoms with E-state index >= 15 is 0 Å². The van der Waals surface area contributed by atoms with E-state index in [2.05, 4.69) is 24.4 Å². The summed E-state index contributed by atoms with van der Waals surface area (Å²) < 4.78 is 38.0. The van der Waals surface area contributed by atoms with Crippen molar-refractivity contribution in [3.8, 4) is 0 Å². The zero-order valence-corrected chi connectivity index (χ0v) is 26.4. The number of fused-ring (bicyclic) bond motifs is 1. The molecule has 8 heteroatoms. The first-order valence-corrected chi connectivity index (χ1v) is 16.8. The highest BCUT2D eigenvalue weighted by Gasteiger charge is 2.56. The van der Waals surface area contributed by atoms with Crippen LogP contribution in [-0.2, 0) is 39.8 Å². The molecule has 0 bridgehead atoms. The Morgan fingerprint density at radius 3 is 2.14 bits per heavy atom. The van der Waals surface area contributed by atoms with Gasteiger partial charge in [-0.1, -0.05) is 125 Å². The zero-order valence-electron chi connectivity index (χ0n) is 26.4. The number of nitrogens with one attached hydrogen (secondary N) is 1. The molecule has 1 N–H and O–H groups in total. The fourth-order valence-electron chi connectivity index (χ4n) is 6.28. The molecular weight excluding hydrogens is 558 g/mol. The van der Waals surface area contributed by atoms with Gasteiger partial charge >= 0.3 is 0 Å². The molecule has 3 aliphatic heterocycles. The number of unbranched alkanes of at least 4 members (excludes halogenated alkanes) is 9. The van der Waals surface area contributed by atoms with E-state index in [1.165, 1.54) is 58.3 Å². The first-order chi connectivity index (χ1) is 21.6. The van der Waals surface area contributed by atoms with Gasteiger partial charge in [-0.3, -0.25) is 4.79 Å². The number of ether oxygens (including phenoxy) is 6. The van der Waals surface area contributed by atoms with Crippen molar-refractivity contribution in [3.63, 3.8) is 0 Å². The predicted octanol–water partition coefficient (Wildman–Crippen LogP) is 6.62. The van der Waals surface area contributed by atoms with E-state index in [1.807, 2.05) is 48.5 Å². The van der Waals surface area contributed by atoms with Crippen LogP contribution in [0.1, 0.15) is 95.3 Å². The van der Waals surface area contributed by atoms with Crippen molar-refractivity contribution in [2.75, 3.05) is 13.2 Å². The molecule has 3 saturated heterocycles. The van der Waals surface area contributed by atoms with Crippen molar-refractivity contribution in [1.29, 1.82) is 0 Å². The van der Waals surface area contributed by atoms with Gasteiger partial charge < -0.3 is 33.7 Å². The van der Waals surface area contributed by atoms with E-state index in [-0.39, 0.29) is 18.1 Å². The summed E-state index contributed by atoms with van der Waals surface area (Å²) in [5.41, 5.74) is 2.14. The lowest BCUT2D eigenvalue weighted by molar-refractivity contribution is -0.348. The van der Waals surface area contributed by atoms with E-state index in [4.69, 9.17) is 28.4 Å². The molecule has 0 aliphatic carbocycles. The van der Waals surface area contributed by atoms with Gasteiger partial charge in [0.2, 0.25) is 5.91 Å². The highest BCUT2D eigenvalue weighted by molar-refractivity contribution is 5.73. The van der Waals surface area contributed by atoms with Crippen LogP contribution in [-0.4, -0.2) is 62.2 Å². The smallest absolute Gasteiger partial charge is 0.217 e. The van der Waals surface area contributed by atoms with Crippen LogP contribution in [0.4, 0.5) is 0 Å². The van der Waals surface area contributed by atoms with Crippen LogP contribution in [0, 0.1) is 0 Å². The third kappa shape index (κ3) is 9.59. The maximum absolute atomic E-state index is 12.4. The summed E-state index contributed by atoms with van der Waals surface area (Å²) in [6.07, 6.45) is 9.66. The standard InChI is InChI=1S/C36H51NO7/c1-3-4-5-6-7-8-9-10-11-18-23-39-35-30(37-26(2)38)33(40-24-27-19-14-12-15-20-27)32-29(42-35)25-41-36(44-32)34-31(43-34)28-21-16-13-17-22-28/h12-17,19-22,29-36H,3-11,18,23-25H2,1-2H3,(H,37,38)/t29-,30-,31+,32-,33+,34-,35-,36-/m1/s1. The van der Waals surface area contributed by atoms with Crippen molar-refractivity contribution in [3.05, 3.63) is 71.8 Å². The van der Waals surface area contributed by atoms with Crippen molar-refractivity contribution in [2.24, 2.45) is 0 Å². The molecule has 0 saturated carbocycles. The van der Waals surface area contributed by atoms with Gasteiger partial charge in [-0.2, -0.15) is 0 Å². The molecule has 3 fully saturated rings.